The molecular weight excluding hydrogens is 416 g/mol. The van der Waals surface area contributed by atoms with E-state index in [1.54, 1.807) is 12.3 Å². The highest BCUT2D eigenvalue weighted by Gasteiger charge is 2.32. The third-order valence-corrected chi connectivity index (χ3v) is 6.81. The molecule has 1 fully saturated rings. The van der Waals surface area contributed by atoms with Crippen LogP contribution < -0.4 is 19.9 Å². The molecule has 3 heterocycles. The summed E-state index contributed by atoms with van der Waals surface area (Å²) in [4.78, 5) is 25.0. The summed E-state index contributed by atoms with van der Waals surface area (Å²) in [5.74, 6) is 2.17. The van der Waals surface area contributed by atoms with Crippen molar-refractivity contribution in [2.45, 2.75) is 39.2 Å². The van der Waals surface area contributed by atoms with Crippen LogP contribution in [0.4, 0.5) is 5.69 Å². The third kappa shape index (κ3) is 3.50. The Balaban J connectivity index is 1.52. The van der Waals surface area contributed by atoms with E-state index in [2.05, 4.69) is 11.1 Å². The van der Waals surface area contributed by atoms with Gasteiger partial charge in [0, 0.05) is 29.8 Å². The Kier molecular flexibility index (Phi) is 4.75. The zero-order chi connectivity index (χ0) is 22.5. The van der Waals surface area contributed by atoms with E-state index in [-0.39, 0.29) is 16.8 Å². The van der Waals surface area contributed by atoms with Gasteiger partial charge in [0.15, 0.2) is 22.7 Å². The number of rotatable bonds is 6. The smallest absolute Gasteiger partial charge is 0.193 e. The van der Waals surface area contributed by atoms with Crippen LogP contribution in [0.15, 0.2) is 53.5 Å². The van der Waals surface area contributed by atoms with Gasteiger partial charge in [0.25, 0.3) is 0 Å². The standard InChI is InChI=1S/C27H26N2O4/c1-17(30)22-16-29-23(14-24(22)31)26-19(15-28(29)20-5-3-2-4-6-20)13-25(27-21(26)10-12-33-27)32-11-9-18-7-8-18/h2-6,13-14,16,18H,7-12,15H2,1H3. The predicted octanol–water partition coefficient (Wildman–Crippen LogP) is 4.62. The van der Waals surface area contributed by atoms with Crippen molar-refractivity contribution in [1.29, 1.82) is 0 Å². The van der Waals surface area contributed by atoms with Gasteiger partial charge in [0.2, 0.25) is 0 Å². The molecule has 0 N–H and O–H groups in total. The molecule has 168 valence electrons. The number of nitrogens with zero attached hydrogens (tertiary/aromatic N) is 2. The van der Waals surface area contributed by atoms with Crippen LogP contribution in [-0.4, -0.2) is 23.7 Å². The molecule has 0 radical (unpaired) electrons. The molecular formula is C27H26N2O4. The maximum atomic E-state index is 12.9. The molecule has 0 spiro atoms. The van der Waals surface area contributed by atoms with Crippen molar-refractivity contribution in [2.75, 3.05) is 18.2 Å². The van der Waals surface area contributed by atoms with E-state index in [1.807, 2.05) is 35.0 Å². The molecule has 1 aliphatic carbocycles. The van der Waals surface area contributed by atoms with Crippen LogP contribution in [0, 0.1) is 5.92 Å². The number of para-hydroxylation sites is 1. The maximum absolute atomic E-state index is 12.9. The quantitative estimate of drug-likeness (QED) is 0.522. The lowest BCUT2D eigenvalue weighted by Crippen LogP contribution is -2.36. The number of Topliss-reactive ketones (excluding diaryl/α,β-unsaturated/α-hetero) is 1. The first-order chi connectivity index (χ1) is 16.1. The predicted molar refractivity (Wildman–Crippen MR) is 126 cm³/mol. The fraction of sp³-hybridized carbons (Fsp3) is 0.333. The van der Waals surface area contributed by atoms with E-state index in [0.29, 0.717) is 19.8 Å². The second-order valence-corrected chi connectivity index (χ2v) is 9.13. The Morgan fingerprint density at radius 3 is 2.76 bits per heavy atom. The maximum Gasteiger partial charge on any atom is 0.193 e. The van der Waals surface area contributed by atoms with Gasteiger partial charge in [-0.1, -0.05) is 31.0 Å². The number of pyridine rings is 1. The van der Waals surface area contributed by atoms with E-state index in [9.17, 15) is 9.59 Å². The van der Waals surface area contributed by atoms with Crippen molar-refractivity contribution in [3.8, 4) is 22.8 Å². The average Bonchev–Trinajstić information content (AvgIpc) is 3.51. The number of hydrogen-bond acceptors (Lipinski definition) is 5. The summed E-state index contributed by atoms with van der Waals surface area (Å²) >= 11 is 0. The number of ether oxygens (including phenoxy) is 2. The van der Waals surface area contributed by atoms with Gasteiger partial charge in [-0.05, 0) is 43.0 Å². The number of aromatic nitrogens is 1. The van der Waals surface area contributed by atoms with Crippen LogP contribution in [0.3, 0.4) is 0 Å². The van der Waals surface area contributed by atoms with Gasteiger partial charge >= 0.3 is 0 Å². The summed E-state index contributed by atoms with van der Waals surface area (Å²) in [5, 5.41) is 2.10. The first kappa shape index (κ1) is 20.1. The third-order valence-electron chi connectivity index (χ3n) is 6.81. The monoisotopic (exact) mass is 442 g/mol. The fourth-order valence-electron chi connectivity index (χ4n) is 4.92. The molecule has 0 unspecified atom stereocenters. The summed E-state index contributed by atoms with van der Waals surface area (Å²) in [6, 6.07) is 13.7. The first-order valence-corrected chi connectivity index (χ1v) is 11.7. The molecule has 1 saturated carbocycles. The number of benzene rings is 2. The largest absolute Gasteiger partial charge is 0.490 e. The number of carbonyl (C=O) groups excluding carboxylic acids is 1. The number of hydrogen-bond donors (Lipinski definition) is 0. The van der Waals surface area contributed by atoms with Crippen LogP contribution in [-0.2, 0) is 13.0 Å². The first-order valence-electron chi connectivity index (χ1n) is 11.7. The lowest BCUT2D eigenvalue weighted by atomic mass is 9.93. The Morgan fingerprint density at radius 2 is 2.00 bits per heavy atom. The van der Waals surface area contributed by atoms with Gasteiger partial charge in [-0.2, -0.15) is 0 Å². The lowest BCUT2D eigenvalue weighted by Gasteiger charge is -2.36. The number of ketones is 1. The van der Waals surface area contributed by atoms with Crippen molar-refractivity contribution in [3.05, 3.63) is 75.6 Å². The molecule has 6 heteroatoms. The van der Waals surface area contributed by atoms with Gasteiger partial charge in [-0.15, -0.1) is 0 Å². The summed E-state index contributed by atoms with van der Waals surface area (Å²) < 4.78 is 14.2. The van der Waals surface area contributed by atoms with Crippen LogP contribution in [0.1, 0.15) is 47.7 Å². The van der Waals surface area contributed by atoms with E-state index in [4.69, 9.17) is 9.47 Å². The molecule has 33 heavy (non-hydrogen) atoms. The minimum Gasteiger partial charge on any atom is -0.490 e. The molecule has 0 bridgehead atoms. The summed E-state index contributed by atoms with van der Waals surface area (Å²) in [6.07, 6.45) is 6.14. The molecule has 2 aliphatic heterocycles. The van der Waals surface area contributed by atoms with E-state index >= 15 is 0 Å². The minimum absolute atomic E-state index is 0.191. The second-order valence-electron chi connectivity index (χ2n) is 9.13. The SMILES string of the molecule is CC(=O)c1cn2c(cc1=O)-c1c(cc(OCCC3CC3)c3c1CCO3)CN2c1ccccc1. The molecule has 2 aromatic carbocycles. The van der Waals surface area contributed by atoms with Crippen LogP contribution in [0.5, 0.6) is 11.5 Å². The Labute approximate surface area is 192 Å². The molecule has 6 rings (SSSR count). The van der Waals surface area contributed by atoms with Gasteiger partial charge in [0.1, 0.15) is 0 Å². The average molecular weight is 443 g/mol. The van der Waals surface area contributed by atoms with E-state index in [1.165, 1.54) is 19.8 Å². The van der Waals surface area contributed by atoms with Gasteiger partial charge in [-0.25, -0.2) is 0 Å². The minimum atomic E-state index is -0.257. The van der Waals surface area contributed by atoms with Gasteiger partial charge < -0.3 is 9.47 Å². The van der Waals surface area contributed by atoms with Crippen LogP contribution in [0.2, 0.25) is 0 Å². The topological polar surface area (TPSA) is 60.8 Å². The lowest BCUT2D eigenvalue weighted by molar-refractivity contribution is 0.101. The molecule has 0 amide bonds. The number of carbonyl (C=O) groups is 1. The molecule has 3 aromatic rings. The highest BCUT2D eigenvalue weighted by atomic mass is 16.5. The van der Waals surface area contributed by atoms with Gasteiger partial charge in [-0.3, -0.25) is 19.3 Å². The Bertz CT molecular complexity index is 1310. The summed E-state index contributed by atoms with van der Waals surface area (Å²) in [6.45, 7) is 3.32. The number of anilines is 1. The van der Waals surface area contributed by atoms with Crippen molar-refractivity contribution in [1.82, 2.24) is 4.68 Å². The van der Waals surface area contributed by atoms with Crippen molar-refractivity contribution < 1.29 is 14.3 Å². The highest BCUT2D eigenvalue weighted by molar-refractivity contribution is 5.94. The van der Waals surface area contributed by atoms with Crippen molar-refractivity contribution in [3.63, 3.8) is 0 Å². The highest BCUT2D eigenvalue weighted by Crippen LogP contribution is 2.47. The van der Waals surface area contributed by atoms with Crippen molar-refractivity contribution in [2.24, 2.45) is 5.92 Å². The fourth-order valence-corrected chi connectivity index (χ4v) is 4.92. The Hall–Kier alpha value is -3.54. The summed E-state index contributed by atoms with van der Waals surface area (Å²) in [7, 11) is 0. The molecule has 6 nitrogen and oxygen atoms in total. The number of fused-ring (bicyclic) bond motifs is 5. The Morgan fingerprint density at radius 1 is 1.18 bits per heavy atom. The second kappa shape index (κ2) is 7.80. The molecule has 0 atom stereocenters. The van der Waals surface area contributed by atoms with Crippen molar-refractivity contribution >= 4 is 11.5 Å². The molecule has 1 aromatic heterocycles. The molecule has 0 saturated heterocycles. The van der Waals surface area contributed by atoms with E-state index < -0.39 is 0 Å². The summed E-state index contributed by atoms with van der Waals surface area (Å²) in [5.41, 5.74) is 4.90. The zero-order valence-electron chi connectivity index (χ0n) is 18.7. The van der Waals surface area contributed by atoms with Crippen LogP contribution in [0.25, 0.3) is 11.3 Å². The van der Waals surface area contributed by atoms with E-state index in [0.717, 1.165) is 58.3 Å². The zero-order valence-corrected chi connectivity index (χ0v) is 18.7. The van der Waals surface area contributed by atoms with Gasteiger partial charge in [0.05, 0.1) is 36.7 Å². The normalized spacial score (nSPS) is 16.0. The molecule has 3 aliphatic rings. The van der Waals surface area contributed by atoms with Crippen LogP contribution >= 0.6 is 0 Å².